The molecule has 0 aliphatic rings. The summed E-state index contributed by atoms with van der Waals surface area (Å²) < 4.78 is 39.5. The zero-order chi connectivity index (χ0) is 13.8. The standard InChI is InChI=1S/C11H18FN3O2S/c1-8(2)11(3-4-13)15-18(16,17)10-5-9(12)6-14-7-10/h5-8,11,15H,3-4,13H2,1-2H3. The first-order chi connectivity index (χ1) is 8.36. The molecule has 1 unspecified atom stereocenters. The van der Waals surface area contributed by atoms with Crippen LogP contribution in [0.4, 0.5) is 4.39 Å². The first-order valence-electron chi connectivity index (χ1n) is 5.69. The lowest BCUT2D eigenvalue weighted by Gasteiger charge is -2.21. The van der Waals surface area contributed by atoms with Gasteiger partial charge in [-0.25, -0.2) is 17.5 Å². The van der Waals surface area contributed by atoms with Gasteiger partial charge < -0.3 is 5.73 Å². The maximum absolute atomic E-state index is 13.0. The van der Waals surface area contributed by atoms with E-state index in [-0.39, 0.29) is 16.9 Å². The second-order valence-electron chi connectivity index (χ2n) is 4.39. The number of halogens is 1. The Morgan fingerprint density at radius 3 is 2.61 bits per heavy atom. The predicted molar refractivity (Wildman–Crippen MR) is 66.8 cm³/mol. The van der Waals surface area contributed by atoms with Crippen molar-refractivity contribution in [2.75, 3.05) is 6.54 Å². The molecule has 0 fully saturated rings. The second kappa shape index (κ2) is 6.21. The molecule has 0 spiro atoms. The summed E-state index contributed by atoms with van der Waals surface area (Å²) in [5.41, 5.74) is 5.44. The lowest BCUT2D eigenvalue weighted by atomic mass is 10.0. The fraction of sp³-hybridized carbons (Fsp3) is 0.545. The smallest absolute Gasteiger partial charge is 0.242 e. The average molecular weight is 275 g/mol. The van der Waals surface area contributed by atoms with Crippen LogP contribution < -0.4 is 10.5 Å². The zero-order valence-corrected chi connectivity index (χ0v) is 11.2. The maximum atomic E-state index is 13.0. The molecule has 0 aliphatic carbocycles. The van der Waals surface area contributed by atoms with Crippen molar-refractivity contribution in [2.24, 2.45) is 11.7 Å². The molecule has 0 radical (unpaired) electrons. The summed E-state index contributed by atoms with van der Waals surface area (Å²) in [4.78, 5) is 3.35. The first kappa shape index (κ1) is 15.0. The van der Waals surface area contributed by atoms with Crippen molar-refractivity contribution in [1.29, 1.82) is 0 Å². The molecule has 0 aliphatic heterocycles. The Morgan fingerprint density at radius 2 is 2.11 bits per heavy atom. The fourth-order valence-electron chi connectivity index (χ4n) is 1.51. The highest BCUT2D eigenvalue weighted by Crippen LogP contribution is 2.13. The predicted octanol–water partition coefficient (Wildman–Crippen LogP) is 0.872. The highest BCUT2D eigenvalue weighted by molar-refractivity contribution is 7.89. The third-order valence-corrected chi connectivity index (χ3v) is 4.04. The SMILES string of the molecule is CC(C)C(CCN)NS(=O)(=O)c1cncc(F)c1. The number of nitrogens with zero attached hydrogens (tertiary/aromatic N) is 1. The molecule has 7 heteroatoms. The van der Waals surface area contributed by atoms with Crippen LogP contribution in [0.2, 0.25) is 0 Å². The summed E-state index contributed by atoms with van der Waals surface area (Å²) in [7, 11) is -3.76. The number of aromatic nitrogens is 1. The lowest BCUT2D eigenvalue weighted by Crippen LogP contribution is -2.39. The summed E-state index contributed by atoms with van der Waals surface area (Å²) in [6.07, 6.45) is 2.60. The van der Waals surface area contributed by atoms with Crippen molar-refractivity contribution < 1.29 is 12.8 Å². The average Bonchev–Trinajstić information content (AvgIpc) is 2.28. The molecule has 0 aromatic carbocycles. The van der Waals surface area contributed by atoms with E-state index in [9.17, 15) is 12.8 Å². The third kappa shape index (κ3) is 4.01. The Balaban J connectivity index is 2.93. The molecule has 18 heavy (non-hydrogen) atoms. The molecule has 1 aromatic heterocycles. The van der Waals surface area contributed by atoms with E-state index in [2.05, 4.69) is 9.71 Å². The molecular formula is C11H18FN3O2S. The summed E-state index contributed by atoms with van der Waals surface area (Å²) in [6.45, 7) is 4.17. The Morgan fingerprint density at radius 1 is 1.44 bits per heavy atom. The molecule has 1 aromatic rings. The number of pyridine rings is 1. The minimum Gasteiger partial charge on any atom is -0.330 e. The summed E-state index contributed by atoms with van der Waals surface area (Å²) in [6, 6.07) is 0.665. The van der Waals surface area contributed by atoms with Crippen LogP contribution in [0.1, 0.15) is 20.3 Å². The largest absolute Gasteiger partial charge is 0.330 e. The van der Waals surface area contributed by atoms with Crippen molar-refractivity contribution in [1.82, 2.24) is 9.71 Å². The van der Waals surface area contributed by atoms with Gasteiger partial charge in [0.2, 0.25) is 10.0 Å². The molecule has 3 N–H and O–H groups in total. The van der Waals surface area contributed by atoms with E-state index in [4.69, 9.17) is 5.73 Å². The van der Waals surface area contributed by atoms with Crippen LogP contribution in [-0.2, 0) is 10.0 Å². The highest BCUT2D eigenvalue weighted by Gasteiger charge is 2.22. The summed E-state index contributed by atoms with van der Waals surface area (Å²) in [5, 5.41) is 0. The van der Waals surface area contributed by atoms with E-state index < -0.39 is 15.8 Å². The van der Waals surface area contributed by atoms with Crippen LogP contribution >= 0.6 is 0 Å². The van der Waals surface area contributed by atoms with E-state index in [1.165, 1.54) is 0 Å². The van der Waals surface area contributed by atoms with Crippen molar-refractivity contribution in [2.45, 2.75) is 31.2 Å². The van der Waals surface area contributed by atoms with Gasteiger partial charge in [-0.05, 0) is 24.9 Å². The number of nitrogens with two attached hydrogens (primary N) is 1. The Bertz CT molecular complexity index is 491. The molecule has 1 rings (SSSR count). The first-order valence-corrected chi connectivity index (χ1v) is 7.18. The molecule has 102 valence electrons. The normalized spacial score (nSPS) is 13.8. The maximum Gasteiger partial charge on any atom is 0.242 e. The minimum atomic E-state index is -3.76. The van der Waals surface area contributed by atoms with Gasteiger partial charge >= 0.3 is 0 Å². The van der Waals surface area contributed by atoms with Gasteiger partial charge in [-0.15, -0.1) is 0 Å². The molecule has 0 amide bonds. The van der Waals surface area contributed by atoms with Gasteiger partial charge in [0.1, 0.15) is 10.7 Å². The highest BCUT2D eigenvalue weighted by atomic mass is 32.2. The molecule has 1 atom stereocenters. The van der Waals surface area contributed by atoms with E-state index in [1.54, 1.807) is 0 Å². The van der Waals surface area contributed by atoms with E-state index in [0.29, 0.717) is 13.0 Å². The Hall–Kier alpha value is -1.05. The molecule has 5 nitrogen and oxygen atoms in total. The van der Waals surface area contributed by atoms with Crippen molar-refractivity contribution in [3.8, 4) is 0 Å². The van der Waals surface area contributed by atoms with Crippen LogP contribution in [-0.4, -0.2) is 26.0 Å². The van der Waals surface area contributed by atoms with Gasteiger partial charge in [0.25, 0.3) is 0 Å². The summed E-state index contributed by atoms with van der Waals surface area (Å²) >= 11 is 0. The van der Waals surface area contributed by atoms with Gasteiger partial charge in [-0.1, -0.05) is 13.8 Å². The van der Waals surface area contributed by atoms with E-state index >= 15 is 0 Å². The zero-order valence-electron chi connectivity index (χ0n) is 10.4. The number of sulfonamides is 1. The quantitative estimate of drug-likeness (QED) is 0.807. The molecular weight excluding hydrogens is 257 g/mol. The van der Waals surface area contributed by atoms with Gasteiger partial charge in [0.15, 0.2) is 0 Å². The molecule has 1 heterocycles. The Kier molecular flexibility index (Phi) is 5.18. The summed E-state index contributed by atoms with van der Waals surface area (Å²) in [5.74, 6) is -0.581. The van der Waals surface area contributed by atoms with Gasteiger partial charge in [-0.2, -0.15) is 0 Å². The van der Waals surface area contributed by atoms with Crippen molar-refractivity contribution >= 4 is 10.0 Å². The fourth-order valence-corrected chi connectivity index (χ4v) is 2.91. The number of nitrogens with one attached hydrogen (secondary N) is 1. The van der Waals surface area contributed by atoms with Crippen LogP contribution in [0.15, 0.2) is 23.4 Å². The van der Waals surface area contributed by atoms with Crippen molar-refractivity contribution in [3.05, 3.63) is 24.3 Å². The molecule has 0 saturated heterocycles. The topological polar surface area (TPSA) is 85.1 Å². The van der Waals surface area contributed by atoms with Crippen LogP contribution in [0.5, 0.6) is 0 Å². The lowest BCUT2D eigenvalue weighted by molar-refractivity contribution is 0.428. The minimum absolute atomic E-state index is 0.102. The van der Waals surface area contributed by atoms with Gasteiger partial charge in [0.05, 0.1) is 6.20 Å². The van der Waals surface area contributed by atoms with E-state index in [0.717, 1.165) is 18.5 Å². The number of hydrogen-bond acceptors (Lipinski definition) is 4. The molecule has 0 bridgehead atoms. The number of hydrogen-bond donors (Lipinski definition) is 2. The molecule has 0 saturated carbocycles. The second-order valence-corrected chi connectivity index (χ2v) is 6.10. The van der Waals surface area contributed by atoms with Gasteiger partial charge in [0, 0.05) is 12.2 Å². The third-order valence-electron chi connectivity index (χ3n) is 2.58. The van der Waals surface area contributed by atoms with Crippen LogP contribution in [0.3, 0.4) is 0 Å². The Labute approximate surface area is 107 Å². The number of rotatable bonds is 6. The van der Waals surface area contributed by atoms with Crippen LogP contribution in [0, 0.1) is 11.7 Å². The van der Waals surface area contributed by atoms with E-state index in [1.807, 2.05) is 13.8 Å². The monoisotopic (exact) mass is 275 g/mol. The van der Waals surface area contributed by atoms with Gasteiger partial charge in [-0.3, -0.25) is 4.98 Å². The van der Waals surface area contributed by atoms with Crippen molar-refractivity contribution in [3.63, 3.8) is 0 Å². The van der Waals surface area contributed by atoms with Crippen LogP contribution in [0.25, 0.3) is 0 Å².